The maximum absolute atomic E-state index is 12.9. The molecule has 6 nitrogen and oxygen atoms in total. The topological polar surface area (TPSA) is 79.4 Å². The van der Waals surface area contributed by atoms with Crippen LogP contribution in [0.15, 0.2) is 64.9 Å². The molecule has 3 aromatic rings. The molecule has 1 N–H and O–H groups in total. The SMILES string of the molecule is O=C(CNc1nc(-c2ccc(S(=O)(=O)N3CCCCCC3)cc2)cs1)c1ccccc1. The van der Waals surface area contributed by atoms with E-state index in [1.165, 1.54) is 11.3 Å². The summed E-state index contributed by atoms with van der Waals surface area (Å²) in [4.78, 5) is 17.1. The number of hydrogen-bond donors (Lipinski definition) is 1. The highest BCUT2D eigenvalue weighted by Gasteiger charge is 2.25. The Balaban J connectivity index is 1.41. The Bertz CT molecular complexity index is 1120. The molecule has 2 aromatic carbocycles. The van der Waals surface area contributed by atoms with Gasteiger partial charge in [-0.2, -0.15) is 4.31 Å². The van der Waals surface area contributed by atoms with Crippen LogP contribution in [0.5, 0.6) is 0 Å². The predicted octanol–water partition coefficient (Wildman–Crippen LogP) is 4.67. The monoisotopic (exact) mass is 455 g/mol. The summed E-state index contributed by atoms with van der Waals surface area (Å²) in [5.74, 6) is 0.000391. The number of nitrogens with one attached hydrogen (secondary N) is 1. The predicted molar refractivity (Wildman–Crippen MR) is 124 cm³/mol. The molecule has 1 aromatic heterocycles. The molecular formula is C23H25N3O3S2. The highest BCUT2D eigenvalue weighted by Crippen LogP contribution is 2.27. The molecule has 0 bridgehead atoms. The van der Waals surface area contributed by atoms with Crippen LogP contribution < -0.4 is 5.32 Å². The number of aromatic nitrogens is 1. The van der Waals surface area contributed by atoms with Crippen molar-refractivity contribution in [2.45, 2.75) is 30.6 Å². The molecule has 0 amide bonds. The second-order valence-electron chi connectivity index (χ2n) is 7.52. The number of hydrogen-bond acceptors (Lipinski definition) is 6. The number of carbonyl (C=O) groups is 1. The molecular weight excluding hydrogens is 430 g/mol. The number of sulfonamides is 1. The zero-order chi connectivity index (χ0) is 21.7. The van der Waals surface area contributed by atoms with Gasteiger partial charge >= 0.3 is 0 Å². The Labute approximate surface area is 187 Å². The fourth-order valence-corrected chi connectivity index (χ4v) is 5.83. The summed E-state index contributed by atoms with van der Waals surface area (Å²) in [6.45, 7) is 1.35. The lowest BCUT2D eigenvalue weighted by atomic mass is 10.1. The van der Waals surface area contributed by atoms with Gasteiger partial charge in [-0.3, -0.25) is 4.79 Å². The minimum atomic E-state index is -3.46. The summed E-state index contributed by atoms with van der Waals surface area (Å²) >= 11 is 1.42. The first kappa shape index (κ1) is 21.7. The van der Waals surface area contributed by atoms with Crippen molar-refractivity contribution >= 4 is 32.3 Å². The molecule has 1 fully saturated rings. The normalized spacial score (nSPS) is 15.4. The average molecular weight is 456 g/mol. The summed E-state index contributed by atoms with van der Waals surface area (Å²) in [7, 11) is -3.46. The Hall–Kier alpha value is -2.55. The number of ketones is 1. The van der Waals surface area contributed by atoms with E-state index in [1.54, 1.807) is 40.7 Å². The van der Waals surface area contributed by atoms with Gasteiger partial charge in [0.05, 0.1) is 17.1 Å². The summed E-state index contributed by atoms with van der Waals surface area (Å²) in [5.41, 5.74) is 2.25. The van der Waals surface area contributed by atoms with Gasteiger partial charge in [-0.15, -0.1) is 11.3 Å². The smallest absolute Gasteiger partial charge is 0.243 e. The number of thiazole rings is 1. The van der Waals surface area contributed by atoms with Gasteiger partial charge in [-0.1, -0.05) is 55.3 Å². The number of carbonyl (C=O) groups excluding carboxylic acids is 1. The van der Waals surface area contributed by atoms with Gasteiger partial charge in [0.1, 0.15) is 0 Å². The van der Waals surface area contributed by atoms with Gasteiger partial charge in [0.2, 0.25) is 10.0 Å². The van der Waals surface area contributed by atoms with Crippen LogP contribution in [-0.4, -0.2) is 43.1 Å². The van der Waals surface area contributed by atoms with E-state index < -0.39 is 10.0 Å². The third kappa shape index (κ3) is 5.20. The van der Waals surface area contributed by atoms with Crippen molar-refractivity contribution in [1.82, 2.24) is 9.29 Å². The minimum absolute atomic E-state index is 0.000391. The van der Waals surface area contributed by atoms with Crippen molar-refractivity contribution < 1.29 is 13.2 Å². The molecule has 8 heteroatoms. The second-order valence-corrected chi connectivity index (χ2v) is 10.3. The van der Waals surface area contributed by atoms with Crippen LogP contribution >= 0.6 is 11.3 Å². The van der Waals surface area contributed by atoms with E-state index >= 15 is 0 Å². The summed E-state index contributed by atoms with van der Waals surface area (Å²) < 4.78 is 27.5. The van der Waals surface area contributed by atoms with Crippen LogP contribution in [0.2, 0.25) is 0 Å². The van der Waals surface area contributed by atoms with E-state index in [4.69, 9.17) is 0 Å². The molecule has 162 valence electrons. The molecule has 0 atom stereocenters. The van der Waals surface area contributed by atoms with Gasteiger partial charge in [0, 0.05) is 29.6 Å². The number of anilines is 1. The number of rotatable bonds is 7. The summed E-state index contributed by atoms with van der Waals surface area (Å²) in [6.07, 6.45) is 4.00. The molecule has 0 unspecified atom stereocenters. The lowest BCUT2D eigenvalue weighted by molar-refractivity contribution is 0.101. The Morgan fingerprint density at radius 2 is 1.65 bits per heavy atom. The maximum Gasteiger partial charge on any atom is 0.243 e. The highest BCUT2D eigenvalue weighted by molar-refractivity contribution is 7.89. The first-order valence-electron chi connectivity index (χ1n) is 10.4. The molecule has 0 saturated carbocycles. The molecule has 31 heavy (non-hydrogen) atoms. The van der Waals surface area contributed by atoms with Crippen molar-refractivity contribution in [2.24, 2.45) is 0 Å². The van der Waals surface area contributed by atoms with Crippen LogP contribution in [0.4, 0.5) is 5.13 Å². The van der Waals surface area contributed by atoms with Crippen molar-refractivity contribution in [3.8, 4) is 11.3 Å². The third-order valence-electron chi connectivity index (χ3n) is 5.35. The number of Topliss-reactive ketones (excluding diaryl/α,β-unsaturated/α-hetero) is 1. The number of nitrogens with zero attached hydrogens (tertiary/aromatic N) is 2. The molecule has 0 radical (unpaired) electrons. The van der Waals surface area contributed by atoms with E-state index in [1.807, 2.05) is 23.6 Å². The van der Waals surface area contributed by atoms with Crippen LogP contribution in [0.1, 0.15) is 36.0 Å². The zero-order valence-corrected chi connectivity index (χ0v) is 18.8. The van der Waals surface area contributed by atoms with Gasteiger partial charge in [0.15, 0.2) is 10.9 Å². The summed E-state index contributed by atoms with van der Waals surface area (Å²) in [6, 6.07) is 16.0. The van der Waals surface area contributed by atoms with Crippen molar-refractivity contribution in [1.29, 1.82) is 0 Å². The van der Waals surface area contributed by atoms with Gasteiger partial charge in [-0.05, 0) is 25.0 Å². The van der Waals surface area contributed by atoms with E-state index in [-0.39, 0.29) is 12.3 Å². The van der Waals surface area contributed by atoms with E-state index in [0.29, 0.717) is 28.7 Å². The lowest BCUT2D eigenvalue weighted by Gasteiger charge is -2.19. The Morgan fingerprint density at radius 3 is 2.32 bits per heavy atom. The molecule has 0 spiro atoms. The first-order chi connectivity index (χ1) is 15.0. The molecule has 0 aliphatic carbocycles. The standard InChI is InChI=1S/C23H25N3O3S2/c27-22(19-8-4-3-5-9-19)16-24-23-25-21(17-30-23)18-10-12-20(13-11-18)31(28,29)26-14-6-1-2-7-15-26/h3-5,8-13,17H,1-2,6-7,14-16H2,(H,24,25). The highest BCUT2D eigenvalue weighted by atomic mass is 32.2. The molecule has 2 heterocycles. The average Bonchev–Trinajstić information content (AvgIpc) is 3.10. The van der Waals surface area contributed by atoms with Crippen LogP contribution in [0.3, 0.4) is 0 Å². The summed E-state index contributed by atoms with van der Waals surface area (Å²) in [5, 5.41) is 5.62. The fourth-order valence-electron chi connectivity index (χ4n) is 3.60. The second kappa shape index (κ2) is 9.72. The van der Waals surface area contributed by atoms with Gasteiger partial charge in [0.25, 0.3) is 0 Å². The van der Waals surface area contributed by atoms with E-state index in [0.717, 1.165) is 36.9 Å². The molecule has 1 aliphatic rings. The maximum atomic E-state index is 12.9. The Kier molecular flexibility index (Phi) is 6.80. The van der Waals surface area contributed by atoms with Crippen LogP contribution in [-0.2, 0) is 10.0 Å². The van der Waals surface area contributed by atoms with E-state index in [2.05, 4.69) is 10.3 Å². The van der Waals surface area contributed by atoms with Crippen molar-refractivity contribution in [3.63, 3.8) is 0 Å². The van der Waals surface area contributed by atoms with Crippen molar-refractivity contribution in [3.05, 3.63) is 65.5 Å². The zero-order valence-electron chi connectivity index (χ0n) is 17.2. The van der Waals surface area contributed by atoms with Crippen LogP contribution in [0, 0.1) is 0 Å². The Morgan fingerprint density at radius 1 is 0.968 bits per heavy atom. The van der Waals surface area contributed by atoms with Gasteiger partial charge < -0.3 is 5.32 Å². The fraction of sp³-hybridized carbons (Fsp3) is 0.304. The minimum Gasteiger partial charge on any atom is -0.354 e. The van der Waals surface area contributed by atoms with Crippen molar-refractivity contribution in [2.75, 3.05) is 25.0 Å². The third-order valence-corrected chi connectivity index (χ3v) is 8.07. The van der Waals surface area contributed by atoms with Gasteiger partial charge in [-0.25, -0.2) is 13.4 Å². The lowest BCUT2D eigenvalue weighted by Crippen LogP contribution is -2.31. The van der Waals surface area contributed by atoms with E-state index in [9.17, 15) is 13.2 Å². The quantitative estimate of drug-likeness (QED) is 0.524. The molecule has 4 rings (SSSR count). The molecule has 1 saturated heterocycles. The largest absolute Gasteiger partial charge is 0.354 e. The molecule has 1 aliphatic heterocycles. The first-order valence-corrected chi connectivity index (χ1v) is 12.7. The van der Waals surface area contributed by atoms with Crippen LogP contribution in [0.25, 0.3) is 11.3 Å². The number of benzene rings is 2.